The van der Waals surface area contributed by atoms with E-state index in [1.54, 1.807) is 12.5 Å². The fourth-order valence-corrected chi connectivity index (χ4v) is 17.4. The Morgan fingerprint density at radius 2 is 0.835 bits per heavy atom. The summed E-state index contributed by atoms with van der Waals surface area (Å²) in [4.78, 5) is 43.9. The van der Waals surface area contributed by atoms with Crippen LogP contribution in [0.3, 0.4) is 0 Å². The van der Waals surface area contributed by atoms with Gasteiger partial charge in [-0.15, -0.1) is 0 Å². The molecular weight excluding hydrogens is 1730 g/mol. The maximum Gasteiger partial charge on any atom is 0.0945 e. The Hall–Kier alpha value is -2.56. The maximum absolute atomic E-state index is 8.58. The molecule has 139 heavy (non-hydrogen) atoms. The Bertz CT molecular complexity index is 2400. The molecular formula is C113H248N24O2. The van der Waals surface area contributed by atoms with E-state index in [9.17, 15) is 0 Å². The average Bonchev–Trinajstić information content (AvgIpc) is 1.80. The van der Waals surface area contributed by atoms with E-state index in [1.165, 1.54) is 407 Å². The summed E-state index contributed by atoms with van der Waals surface area (Å²) in [6.07, 6.45) is 57.6. The first-order chi connectivity index (χ1) is 67.5. The van der Waals surface area contributed by atoms with E-state index in [1.807, 2.05) is 36.1 Å². The number of aryl methyl sites for hydroxylation is 2. The monoisotopic (exact) mass is 1970 g/mol. The first-order valence-electron chi connectivity index (χ1n) is 58.1. The summed E-state index contributed by atoms with van der Waals surface area (Å²) in [5.74, 6) is 1.03. The largest absolute Gasteiger partial charge is 0.395 e. The Labute approximate surface area is 866 Å². The number of aliphatic hydroxyl groups is 1. The third-order valence-corrected chi connectivity index (χ3v) is 26.6. The molecule has 10 aliphatic heterocycles. The van der Waals surface area contributed by atoms with Gasteiger partial charge in [-0.3, -0.25) is 9.88 Å². The fourth-order valence-electron chi connectivity index (χ4n) is 17.4. The van der Waals surface area contributed by atoms with Gasteiger partial charge in [0.25, 0.3) is 0 Å². The molecule has 26 nitrogen and oxygen atoms in total. The van der Waals surface area contributed by atoms with E-state index in [4.69, 9.17) is 32.8 Å². The number of rotatable bonds is 39. The lowest BCUT2D eigenvalue weighted by Crippen LogP contribution is -2.44. The van der Waals surface area contributed by atoms with Crippen molar-refractivity contribution in [1.29, 1.82) is 0 Å². The van der Waals surface area contributed by atoms with E-state index in [0.29, 0.717) is 6.61 Å². The van der Waals surface area contributed by atoms with Crippen LogP contribution in [0.4, 0.5) is 0 Å². The minimum atomic E-state index is 0.319. The third-order valence-electron chi connectivity index (χ3n) is 26.6. The Balaban J connectivity index is -0.000000700. The second-order valence-electron chi connectivity index (χ2n) is 41.0. The number of imidazole rings is 1. The minimum Gasteiger partial charge on any atom is -0.395 e. The summed E-state index contributed by atoms with van der Waals surface area (Å²) in [5, 5.41) is 14.9. The molecule has 26 heteroatoms. The van der Waals surface area contributed by atoms with Gasteiger partial charge in [-0.1, -0.05) is 159 Å². The lowest BCUT2D eigenvalue weighted by atomic mass is 9.95. The van der Waals surface area contributed by atoms with Crippen molar-refractivity contribution in [3.63, 3.8) is 0 Å². The van der Waals surface area contributed by atoms with Gasteiger partial charge in [0.15, 0.2) is 0 Å². The molecule has 12 heterocycles. The number of likely N-dealkylation sites (N-methyl/N-ethyl adjacent to an activating group) is 4. The number of nitrogens with two attached hydrogens (primary N) is 4. The Morgan fingerprint density at radius 3 is 1.19 bits per heavy atom. The summed E-state index contributed by atoms with van der Waals surface area (Å²) in [6.45, 7) is 72.5. The van der Waals surface area contributed by atoms with Crippen LogP contribution < -0.4 is 33.6 Å². The highest BCUT2D eigenvalue weighted by atomic mass is 16.5. The smallest absolute Gasteiger partial charge is 0.0945 e. The molecule has 0 saturated carbocycles. The first kappa shape index (κ1) is 143. The van der Waals surface area contributed by atoms with Crippen molar-refractivity contribution in [1.82, 2.24) is 98.7 Å². The molecule has 2 aromatic rings. The molecule has 1 unspecified atom stereocenters. The van der Waals surface area contributed by atoms with Crippen molar-refractivity contribution in [3.05, 3.63) is 48.8 Å². The topological polar surface area (TPSA) is 237 Å². The summed E-state index contributed by atoms with van der Waals surface area (Å²) in [6, 6.07) is 6.94. The Kier molecular flexibility index (Phi) is 116. The van der Waals surface area contributed by atoms with Crippen LogP contribution in [0.2, 0.25) is 0 Å². The minimum absolute atomic E-state index is 0.319. The molecule has 12 rings (SSSR count). The normalized spacial score (nSPS) is 18.7. The van der Waals surface area contributed by atoms with Gasteiger partial charge in [-0.25, -0.2) is 4.98 Å². The number of aromatic nitrogens is 3. The molecule has 0 radical (unpaired) electrons. The molecule has 0 spiro atoms. The van der Waals surface area contributed by atoms with Gasteiger partial charge in [0.05, 0.1) is 26.1 Å². The maximum atomic E-state index is 8.58. The quantitative estimate of drug-likeness (QED) is 0.0308. The highest BCUT2D eigenvalue weighted by molar-refractivity contribution is 5.03. The molecule has 2 aromatic heterocycles. The number of nitrogens with zero attached hydrogens (tertiary/aromatic N) is 18. The van der Waals surface area contributed by atoms with Gasteiger partial charge in [-0.2, -0.15) is 0 Å². The predicted molar refractivity (Wildman–Crippen MR) is 615 cm³/mol. The van der Waals surface area contributed by atoms with Crippen molar-refractivity contribution >= 4 is 0 Å². The molecule has 0 aliphatic carbocycles. The van der Waals surface area contributed by atoms with E-state index >= 15 is 0 Å². The van der Waals surface area contributed by atoms with Crippen LogP contribution in [-0.2, 0) is 17.7 Å². The number of morpholine rings is 1. The van der Waals surface area contributed by atoms with Gasteiger partial charge in [-0.05, 0) is 407 Å². The molecule has 10 saturated heterocycles. The van der Waals surface area contributed by atoms with Gasteiger partial charge in [0.1, 0.15) is 0 Å². The third kappa shape index (κ3) is 104. The number of piperazine rings is 1. The van der Waals surface area contributed by atoms with E-state index in [0.717, 1.165) is 130 Å². The molecule has 1 atom stereocenters. The van der Waals surface area contributed by atoms with Crippen molar-refractivity contribution in [2.24, 2.45) is 28.9 Å². The summed E-state index contributed by atoms with van der Waals surface area (Å²) >= 11 is 0. The van der Waals surface area contributed by atoms with Crippen LogP contribution >= 0.6 is 0 Å². The lowest BCUT2D eigenvalue weighted by Gasteiger charge is -2.32. The second kappa shape index (κ2) is 113. The number of β-amino-alcohol motifs (C(OH)–C–C–N with tert-alkyl or cyclic N) is 1. The molecule has 11 N–H and O–H groups in total. The molecule has 832 valence electrons. The highest BCUT2D eigenvalue weighted by Gasteiger charge is 2.20. The van der Waals surface area contributed by atoms with Crippen molar-refractivity contribution in [3.8, 4) is 0 Å². The fraction of sp³-hybridized carbons (Fsp3) is 0.929. The van der Waals surface area contributed by atoms with Gasteiger partial charge in [0.2, 0.25) is 0 Å². The second-order valence-corrected chi connectivity index (χ2v) is 41.0. The molecule has 0 bridgehead atoms. The van der Waals surface area contributed by atoms with Gasteiger partial charge < -0.3 is 117 Å². The SMILES string of the molecule is CCC1CCN(C)CC1.CCCC1CCCN1C.CCCCCN(C)C.CCCCCNCC.CCCCN1CCN(C)CC1.CCCN(C)C.CCCN1CCCC1.CCCc1ccccn1.CCN1CCCCC1.CN(C)CCN1CCCCC1.CNCCN(C)C.NCCCn1ccnc1.NCCN1CCCCC1.NCCN1CCCCC1.NCCN1CCOCC1.OCCN1CCCCC1. The zero-order valence-electron chi connectivity index (χ0n) is 97.2. The molecule has 10 fully saturated rings. The van der Waals surface area contributed by atoms with Crippen LogP contribution in [0.5, 0.6) is 0 Å². The van der Waals surface area contributed by atoms with E-state index in [2.05, 4.69) is 247 Å². The highest BCUT2D eigenvalue weighted by Crippen LogP contribution is 2.20. The van der Waals surface area contributed by atoms with Crippen molar-refractivity contribution < 1.29 is 9.84 Å². The molecule has 10 aliphatic rings. The Morgan fingerprint density at radius 1 is 0.381 bits per heavy atom. The summed E-state index contributed by atoms with van der Waals surface area (Å²) in [5.41, 5.74) is 22.7. The van der Waals surface area contributed by atoms with Gasteiger partial charge >= 0.3 is 0 Å². The lowest BCUT2D eigenvalue weighted by molar-refractivity contribution is 0.0394. The number of piperidine rings is 6. The van der Waals surface area contributed by atoms with Crippen LogP contribution in [0.25, 0.3) is 0 Å². The van der Waals surface area contributed by atoms with Gasteiger partial charge in [0, 0.05) is 148 Å². The number of aliphatic hydroxyl groups excluding tert-OH is 1. The molecule has 0 amide bonds. The average molecular weight is 1980 g/mol. The molecule has 0 aromatic carbocycles. The summed E-state index contributed by atoms with van der Waals surface area (Å²) in [7, 11) is 25.5. The zero-order chi connectivity index (χ0) is 104. The number of unbranched alkanes of at least 4 members (excludes halogenated alkanes) is 5. The van der Waals surface area contributed by atoms with Crippen LogP contribution in [-0.4, -0.2) is 465 Å². The van der Waals surface area contributed by atoms with E-state index < -0.39 is 0 Å². The zero-order valence-corrected chi connectivity index (χ0v) is 97.2. The van der Waals surface area contributed by atoms with Crippen LogP contribution in [0.1, 0.15) is 306 Å². The number of ether oxygens (including phenoxy) is 1. The van der Waals surface area contributed by atoms with Crippen LogP contribution in [0, 0.1) is 5.92 Å². The summed E-state index contributed by atoms with van der Waals surface area (Å²) < 4.78 is 7.18. The van der Waals surface area contributed by atoms with Crippen molar-refractivity contribution in [2.45, 2.75) is 319 Å². The number of hydrogen-bond acceptors (Lipinski definition) is 25. The predicted octanol–water partition coefficient (Wildman–Crippen LogP) is 15.8. The number of nitrogens with one attached hydrogen (secondary N) is 2. The van der Waals surface area contributed by atoms with Crippen LogP contribution in [0.15, 0.2) is 43.1 Å². The number of likely N-dealkylation sites (tertiary alicyclic amines) is 8. The number of pyridine rings is 1. The van der Waals surface area contributed by atoms with E-state index in [-0.39, 0.29) is 0 Å². The van der Waals surface area contributed by atoms with Crippen molar-refractivity contribution in [2.75, 3.05) is 366 Å². The standard InChI is InChI=1S/2C9H20N2.2C8H17N.C8H11N.2C7H16N2.C7H15NO.2C7H15N.2C7H17N.C6H11N3.C6H14N2O.C5H14N2.C5H13N/c1-10(2)8-9-11-6-4-3-5-7-11;1-3-4-5-11-8-6-10(2)7-9-11;1-3-8-4-6-9(2)7-5-8;1-3-5-8-6-4-7-9(8)2;1-2-5-8-6-3-4-7-9-8;2*8-4-7-9-5-2-1-3-6-9;9-7-6-8-4-2-1-3-5-8;1-2-8-6-4-3-5-7-8;1-2-5-8-6-3-4-7-8;1-4-5-6-7-8(2)3;1-3-5-6-7-8-4-2;7-2-1-4-9-5-3-8-6-9;7-1-2-8-3-5-9-6-4-8;1-6-4-5-7(2)3;1-4-5-6(2)3/h2*3-9H2,1-2H3;2*8H,3-7H2,1-2H3;3-4,6-7H,2,5H2,1H3;2*1-8H2;9H,1-7H2;2*2-7H2,1H3;4-7H2,1-3H3;8H,3-7H2,1-2H3;3,5-6H,1-2,4,7H2;1-7H2;6H,4-5H2,1-3H3;4-5H2,1-3H3. The number of hydrogen-bond donors (Lipinski definition) is 7. The first-order valence-corrected chi connectivity index (χ1v) is 58.1.